The van der Waals surface area contributed by atoms with Crippen LogP contribution in [0.3, 0.4) is 0 Å². The molecule has 19 heavy (non-hydrogen) atoms. The van der Waals surface area contributed by atoms with Crippen molar-refractivity contribution >= 4 is 44.7 Å². The molecule has 1 atom stereocenters. The van der Waals surface area contributed by atoms with Crippen molar-refractivity contribution in [3.63, 3.8) is 0 Å². The van der Waals surface area contributed by atoms with Crippen molar-refractivity contribution in [3.8, 4) is 0 Å². The summed E-state index contributed by atoms with van der Waals surface area (Å²) >= 11 is 3.79. The summed E-state index contributed by atoms with van der Waals surface area (Å²) in [5, 5.41) is 1.83. The first kappa shape index (κ1) is 13.1. The van der Waals surface area contributed by atoms with Crippen molar-refractivity contribution in [1.82, 2.24) is 4.98 Å². The maximum atomic E-state index is 6.24. The highest BCUT2D eigenvalue weighted by Gasteiger charge is 2.21. The van der Waals surface area contributed by atoms with Gasteiger partial charge in [-0.2, -0.15) is 11.8 Å². The molecule has 1 aromatic heterocycles. The van der Waals surface area contributed by atoms with Gasteiger partial charge >= 0.3 is 0 Å². The monoisotopic (exact) mass is 293 g/mol. The normalized spacial score (nSPS) is 20.1. The predicted molar refractivity (Wildman–Crippen MR) is 87.5 cm³/mol. The molecular formula is C14H19N3S2. The minimum Gasteiger partial charge on any atom is -0.397 e. The maximum absolute atomic E-state index is 6.24. The van der Waals surface area contributed by atoms with Crippen molar-refractivity contribution in [2.75, 3.05) is 29.5 Å². The number of rotatable bonds is 2. The average Bonchev–Trinajstić information content (AvgIpc) is 2.77. The zero-order chi connectivity index (χ0) is 13.4. The molecule has 1 saturated heterocycles. The smallest absolute Gasteiger partial charge is 0.0907 e. The van der Waals surface area contributed by atoms with E-state index >= 15 is 0 Å². The summed E-state index contributed by atoms with van der Waals surface area (Å²) in [6, 6.07) is 4.24. The van der Waals surface area contributed by atoms with Crippen LogP contribution in [0.4, 0.5) is 11.4 Å². The fraction of sp³-hybridized carbons (Fsp3) is 0.500. The van der Waals surface area contributed by atoms with Crippen LogP contribution in [-0.4, -0.2) is 29.1 Å². The fourth-order valence-electron chi connectivity index (χ4n) is 2.55. The number of fused-ring (bicyclic) bond motifs is 1. The summed E-state index contributed by atoms with van der Waals surface area (Å²) in [6.07, 6.45) is 1.22. The minimum atomic E-state index is 0.723. The third-order valence-electron chi connectivity index (χ3n) is 3.58. The molecule has 2 N–H and O–H groups in total. The Morgan fingerprint density at radius 2 is 2.32 bits per heavy atom. The lowest BCUT2D eigenvalue weighted by Crippen LogP contribution is -2.38. The summed E-state index contributed by atoms with van der Waals surface area (Å²) in [6.45, 7) is 6.49. The van der Waals surface area contributed by atoms with Gasteiger partial charge in [-0.3, -0.25) is 0 Å². The molecule has 5 heteroatoms. The molecule has 3 nitrogen and oxygen atoms in total. The van der Waals surface area contributed by atoms with Crippen LogP contribution in [0.1, 0.15) is 18.4 Å². The second-order valence-corrected chi connectivity index (χ2v) is 7.60. The lowest BCUT2D eigenvalue weighted by Gasteiger charge is -2.34. The molecule has 0 aliphatic carbocycles. The Kier molecular flexibility index (Phi) is 3.58. The van der Waals surface area contributed by atoms with Gasteiger partial charge in [0.25, 0.3) is 0 Å². The van der Waals surface area contributed by atoms with E-state index in [1.54, 1.807) is 11.3 Å². The number of anilines is 2. The number of benzene rings is 1. The Hall–Kier alpha value is -0.940. The van der Waals surface area contributed by atoms with Crippen molar-refractivity contribution in [2.24, 2.45) is 0 Å². The molecule has 3 rings (SSSR count). The first-order chi connectivity index (χ1) is 9.17. The van der Waals surface area contributed by atoms with E-state index in [4.69, 9.17) is 5.73 Å². The Morgan fingerprint density at radius 1 is 1.47 bits per heavy atom. The molecule has 0 spiro atoms. The lowest BCUT2D eigenvalue weighted by molar-refractivity contribution is 0.729. The fourth-order valence-corrected chi connectivity index (χ4v) is 4.59. The number of nitrogens with zero attached hydrogens (tertiary/aromatic N) is 2. The first-order valence-corrected chi connectivity index (χ1v) is 8.57. The van der Waals surface area contributed by atoms with E-state index in [9.17, 15) is 0 Å². The molecule has 0 saturated carbocycles. The molecule has 1 aliphatic heterocycles. The lowest BCUT2D eigenvalue weighted by atomic mass is 10.2. The zero-order valence-electron chi connectivity index (χ0n) is 11.3. The highest BCUT2D eigenvalue weighted by molar-refractivity contribution is 8.00. The van der Waals surface area contributed by atoms with Crippen LogP contribution in [0.2, 0.25) is 0 Å². The van der Waals surface area contributed by atoms with Crippen LogP contribution in [-0.2, 0) is 0 Å². The maximum Gasteiger partial charge on any atom is 0.0907 e. The highest BCUT2D eigenvalue weighted by Crippen LogP contribution is 2.34. The van der Waals surface area contributed by atoms with Gasteiger partial charge in [-0.25, -0.2) is 4.98 Å². The second-order valence-electron chi connectivity index (χ2n) is 4.96. The molecule has 1 aliphatic rings. The third-order valence-corrected chi connectivity index (χ3v) is 5.88. The van der Waals surface area contributed by atoms with Gasteiger partial charge in [-0.15, -0.1) is 11.3 Å². The number of aryl methyl sites for hydroxylation is 1. The molecule has 2 aromatic rings. The number of aromatic nitrogens is 1. The van der Waals surface area contributed by atoms with Crippen molar-refractivity contribution < 1.29 is 0 Å². The molecule has 0 amide bonds. The van der Waals surface area contributed by atoms with E-state index in [-0.39, 0.29) is 0 Å². The van der Waals surface area contributed by atoms with Crippen LogP contribution >= 0.6 is 23.1 Å². The predicted octanol–water partition coefficient (Wildman–Crippen LogP) is 3.52. The third kappa shape index (κ3) is 2.54. The first-order valence-electron chi connectivity index (χ1n) is 6.70. The Labute approximate surface area is 122 Å². The summed E-state index contributed by atoms with van der Waals surface area (Å²) in [5.41, 5.74) is 9.38. The Morgan fingerprint density at radius 3 is 3.11 bits per heavy atom. The van der Waals surface area contributed by atoms with Crippen LogP contribution in [0.25, 0.3) is 10.2 Å². The molecule has 0 bridgehead atoms. The Bertz CT molecular complexity index is 594. The van der Waals surface area contributed by atoms with Crippen LogP contribution in [0.5, 0.6) is 0 Å². The van der Waals surface area contributed by atoms with Gasteiger partial charge in [-0.05, 0) is 25.5 Å². The quantitative estimate of drug-likeness (QED) is 0.860. The van der Waals surface area contributed by atoms with Gasteiger partial charge in [0.1, 0.15) is 0 Å². The number of nitrogens with two attached hydrogens (primary N) is 1. The van der Waals surface area contributed by atoms with E-state index in [1.165, 1.54) is 16.9 Å². The molecule has 102 valence electrons. The van der Waals surface area contributed by atoms with E-state index in [0.29, 0.717) is 0 Å². The second kappa shape index (κ2) is 5.21. The van der Waals surface area contributed by atoms with Gasteiger partial charge in [-0.1, -0.05) is 6.92 Å². The van der Waals surface area contributed by atoms with Gasteiger partial charge in [0.05, 0.1) is 26.6 Å². The van der Waals surface area contributed by atoms with Gasteiger partial charge in [0.2, 0.25) is 0 Å². The number of hydrogen-bond acceptors (Lipinski definition) is 5. The van der Waals surface area contributed by atoms with Crippen molar-refractivity contribution in [3.05, 3.63) is 17.1 Å². The SMILES string of the molecule is CCC1CN(c2cc3nc(C)sc3cc2N)CCS1. The van der Waals surface area contributed by atoms with Crippen LogP contribution in [0, 0.1) is 6.92 Å². The molecule has 0 radical (unpaired) electrons. The zero-order valence-corrected chi connectivity index (χ0v) is 13.0. The molecular weight excluding hydrogens is 274 g/mol. The summed E-state index contributed by atoms with van der Waals surface area (Å²) in [7, 11) is 0. The van der Waals surface area contributed by atoms with E-state index < -0.39 is 0 Å². The molecule has 1 aromatic carbocycles. The summed E-state index contributed by atoms with van der Waals surface area (Å²) in [4.78, 5) is 7.00. The molecule has 1 unspecified atom stereocenters. The molecule has 1 fully saturated rings. The summed E-state index contributed by atoms with van der Waals surface area (Å²) < 4.78 is 1.19. The number of hydrogen-bond donors (Lipinski definition) is 1. The largest absolute Gasteiger partial charge is 0.397 e. The summed E-state index contributed by atoms with van der Waals surface area (Å²) in [5.74, 6) is 1.19. The van der Waals surface area contributed by atoms with Crippen molar-refractivity contribution in [2.45, 2.75) is 25.5 Å². The van der Waals surface area contributed by atoms with Crippen molar-refractivity contribution in [1.29, 1.82) is 0 Å². The minimum absolute atomic E-state index is 0.723. The Balaban J connectivity index is 1.96. The van der Waals surface area contributed by atoms with E-state index in [1.807, 2.05) is 6.92 Å². The van der Waals surface area contributed by atoms with Gasteiger partial charge in [0, 0.05) is 24.1 Å². The standard InChI is InChI=1S/C14H19N3S2/c1-3-10-8-17(4-5-18-10)13-7-12-14(6-11(13)15)19-9(2)16-12/h6-7,10H,3-5,8,15H2,1-2H3. The average molecular weight is 293 g/mol. The number of thiazole rings is 1. The van der Waals surface area contributed by atoms with Crippen LogP contribution < -0.4 is 10.6 Å². The number of thioether (sulfide) groups is 1. The van der Waals surface area contributed by atoms with E-state index in [0.717, 1.165) is 40.2 Å². The highest BCUT2D eigenvalue weighted by atomic mass is 32.2. The number of nitrogen functional groups attached to an aromatic ring is 1. The van der Waals surface area contributed by atoms with E-state index in [2.05, 4.69) is 40.7 Å². The van der Waals surface area contributed by atoms with Gasteiger partial charge in [0.15, 0.2) is 0 Å². The molecule has 2 heterocycles. The van der Waals surface area contributed by atoms with Gasteiger partial charge < -0.3 is 10.6 Å². The van der Waals surface area contributed by atoms with Crippen LogP contribution in [0.15, 0.2) is 12.1 Å². The topological polar surface area (TPSA) is 42.2 Å².